The van der Waals surface area contributed by atoms with E-state index in [4.69, 9.17) is 9.57 Å². The van der Waals surface area contributed by atoms with Gasteiger partial charge in [-0.3, -0.25) is 4.79 Å². The second kappa shape index (κ2) is 7.61. The minimum Gasteiger partial charge on any atom is -0.496 e. The number of nitrogens with one attached hydrogen (secondary N) is 1. The van der Waals surface area contributed by atoms with E-state index >= 15 is 0 Å². The lowest BCUT2D eigenvalue weighted by molar-refractivity contribution is -0.141. The highest BCUT2D eigenvalue weighted by molar-refractivity contribution is 6.07. The molecule has 0 aliphatic carbocycles. The number of hydrogen-bond donors (Lipinski definition) is 1. The second-order valence-electron chi connectivity index (χ2n) is 7.41. The lowest BCUT2D eigenvalue weighted by atomic mass is 9.94. The molecule has 4 rings (SSSR count). The molecule has 0 saturated carbocycles. The number of oxime groups is 1. The molecular formula is C20H25N5O3. The molecule has 0 radical (unpaired) electrons. The van der Waals surface area contributed by atoms with Gasteiger partial charge in [0, 0.05) is 24.9 Å². The first-order valence-corrected chi connectivity index (χ1v) is 9.68. The average Bonchev–Trinajstić information content (AvgIpc) is 3.22. The molecule has 1 aromatic carbocycles. The van der Waals surface area contributed by atoms with Crippen LogP contribution in [0, 0.1) is 0 Å². The normalized spacial score (nSPS) is 21.3. The van der Waals surface area contributed by atoms with Crippen molar-refractivity contribution >= 4 is 11.6 Å². The van der Waals surface area contributed by atoms with Crippen LogP contribution in [-0.4, -0.2) is 39.1 Å². The predicted molar refractivity (Wildman–Crippen MR) is 103 cm³/mol. The molecule has 2 aliphatic heterocycles. The van der Waals surface area contributed by atoms with Crippen LogP contribution in [0.15, 0.2) is 29.4 Å². The first kappa shape index (κ1) is 18.5. The van der Waals surface area contributed by atoms with E-state index in [9.17, 15) is 4.79 Å². The molecule has 0 fully saturated rings. The number of nitrogens with zero attached hydrogens (tertiary/aromatic N) is 4. The summed E-state index contributed by atoms with van der Waals surface area (Å²) < 4.78 is 7.52. The maximum Gasteiger partial charge on any atom is 0.267 e. The van der Waals surface area contributed by atoms with Crippen molar-refractivity contribution in [3.05, 3.63) is 41.5 Å². The van der Waals surface area contributed by atoms with E-state index in [-0.39, 0.29) is 5.91 Å². The summed E-state index contributed by atoms with van der Waals surface area (Å²) >= 11 is 0. The van der Waals surface area contributed by atoms with E-state index in [1.165, 1.54) is 6.42 Å². The van der Waals surface area contributed by atoms with Gasteiger partial charge in [0.05, 0.1) is 19.4 Å². The summed E-state index contributed by atoms with van der Waals surface area (Å²) in [6.45, 7) is 2.98. The van der Waals surface area contributed by atoms with E-state index in [1.807, 2.05) is 24.3 Å². The van der Waals surface area contributed by atoms with Crippen molar-refractivity contribution in [1.29, 1.82) is 0 Å². The van der Waals surface area contributed by atoms with E-state index in [0.29, 0.717) is 24.4 Å². The molecule has 2 aromatic rings. The van der Waals surface area contributed by atoms with Gasteiger partial charge < -0.3 is 19.5 Å². The molecule has 1 aromatic heterocycles. The van der Waals surface area contributed by atoms with Gasteiger partial charge in [0.1, 0.15) is 11.6 Å². The highest BCUT2D eigenvalue weighted by Crippen LogP contribution is 2.30. The van der Waals surface area contributed by atoms with Crippen LogP contribution in [0.2, 0.25) is 0 Å². The van der Waals surface area contributed by atoms with Crippen molar-refractivity contribution in [2.24, 2.45) is 5.16 Å². The van der Waals surface area contributed by atoms with Crippen LogP contribution in [0.5, 0.6) is 5.75 Å². The predicted octanol–water partition coefficient (Wildman–Crippen LogP) is 2.21. The first-order chi connectivity index (χ1) is 13.6. The molecule has 3 heterocycles. The van der Waals surface area contributed by atoms with Crippen molar-refractivity contribution in [2.75, 3.05) is 7.11 Å². The number of benzene rings is 1. The number of methoxy groups -OCH3 is 1. The molecule has 148 valence electrons. The lowest BCUT2D eigenvalue weighted by Crippen LogP contribution is -2.44. The Kier molecular flexibility index (Phi) is 5.02. The molecule has 1 atom stereocenters. The molecular weight excluding hydrogens is 358 g/mol. The van der Waals surface area contributed by atoms with Gasteiger partial charge in [0.15, 0.2) is 5.82 Å². The molecule has 28 heavy (non-hydrogen) atoms. The number of ether oxygens (including phenoxy) is 1. The van der Waals surface area contributed by atoms with Crippen LogP contribution in [0.25, 0.3) is 0 Å². The number of aryl methyl sites for hydroxylation is 1. The van der Waals surface area contributed by atoms with Gasteiger partial charge in [-0.1, -0.05) is 23.7 Å². The quantitative estimate of drug-likeness (QED) is 0.855. The number of rotatable bonds is 5. The highest BCUT2D eigenvalue weighted by Gasteiger charge is 2.42. The fraction of sp³-hybridized carbons (Fsp3) is 0.500. The first-order valence-electron chi connectivity index (χ1n) is 9.68. The topological polar surface area (TPSA) is 90.6 Å². The Bertz CT molecular complexity index is 907. The number of carbonyl (C=O) groups excluding carboxylic acids is 1. The summed E-state index contributed by atoms with van der Waals surface area (Å²) in [7, 11) is 1.61. The molecule has 0 unspecified atom stereocenters. The smallest absolute Gasteiger partial charge is 0.267 e. The second-order valence-corrected chi connectivity index (χ2v) is 7.41. The minimum absolute atomic E-state index is 0.216. The maximum absolute atomic E-state index is 12.8. The fourth-order valence-electron chi connectivity index (χ4n) is 3.71. The number of hydrogen-bond acceptors (Lipinski definition) is 6. The average molecular weight is 383 g/mol. The summed E-state index contributed by atoms with van der Waals surface area (Å²) in [5, 5.41) is 15.6. The van der Waals surface area contributed by atoms with Gasteiger partial charge in [-0.25, -0.2) is 0 Å². The zero-order valence-electron chi connectivity index (χ0n) is 16.3. The number of fused-ring (bicyclic) bond motifs is 1. The summed E-state index contributed by atoms with van der Waals surface area (Å²) in [5.41, 5.74) is 0.480. The molecule has 0 bridgehead atoms. The highest BCUT2D eigenvalue weighted by atomic mass is 16.7. The largest absolute Gasteiger partial charge is 0.496 e. The molecule has 2 aliphatic rings. The van der Waals surface area contributed by atoms with Gasteiger partial charge in [-0.15, -0.1) is 10.2 Å². The third kappa shape index (κ3) is 3.46. The van der Waals surface area contributed by atoms with Crippen molar-refractivity contribution in [3.63, 3.8) is 0 Å². The van der Waals surface area contributed by atoms with Crippen LogP contribution in [0.1, 0.15) is 49.8 Å². The van der Waals surface area contributed by atoms with Crippen LogP contribution >= 0.6 is 0 Å². The number of carbonyl (C=O) groups is 1. The maximum atomic E-state index is 12.8. The van der Waals surface area contributed by atoms with E-state index < -0.39 is 5.60 Å². The number of amides is 1. The molecule has 1 N–H and O–H groups in total. The van der Waals surface area contributed by atoms with Crippen molar-refractivity contribution in [3.8, 4) is 5.75 Å². The SMILES string of the molecule is COc1ccccc1C1=NO[C@](C)(C(=O)NCc2nnc3n2CCCCC3)C1. The van der Waals surface area contributed by atoms with Crippen LogP contribution < -0.4 is 10.1 Å². The number of para-hydroxylation sites is 1. The summed E-state index contributed by atoms with van der Waals surface area (Å²) in [4.78, 5) is 18.4. The Morgan fingerprint density at radius 2 is 2.14 bits per heavy atom. The Morgan fingerprint density at radius 1 is 1.29 bits per heavy atom. The Labute approximate surface area is 163 Å². The molecule has 1 amide bonds. The fourth-order valence-corrected chi connectivity index (χ4v) is 3.71. The van der Waals surface area contributed by atoms with Gasteiger partial charge >= 0.3 is 0 Å². The van der Waals surface area contributed by atoms with Gasteiger partial charge in [-0.05, 0) is 31.9 Å². The minimum atomic E-state index is -1.06. The summed E-state index contributed by atoms with van der Waals surface area (Å²) in [6.07, 6.45) is 4.77. The van der Waals surface area contributed by atoms with Crippen LogP contribution in [0.3, 0.4) is 0 Å². The van der Waals surface area contributed by atoms with Crippen molar-refractivity contribution in [2.45, 2.75) is 57.7 Å². The van der Waals surface area contributed by atoms with E-state index in [1.54, 1.807) is 14.0 Å². The van der Waals surface area contributed by atoms with Gasteiger partial charge in [0.25, 0.3) is 5.91 Å². The van der Waals surface area contributed by atoms with Crippen LogP contribution in [-0.2, 0) is 29.1 Å². The van der Waals surface area contributed by atoms with Crippen molar-refractivity contribution in [1.82, 2.24) is 20.1 Å². The van der Waals surface area contributed by atoms with Gasteiger partial charge in [-0.2, -0.15) is 0 Å². The van der Waals surface area contributed by atoms with Gasteiger partial charge in [0.2, 0.25) is 5.60 Å². The molecule has 8 heteroatoms. The Hall–Kier alpha value is -2.90. The molecule has 8 nitrogen and oxygen atoms in total. The lowest BCUT2D eigenvalue weighted by Gasteiger charge is -2.20. The van der Waals surface area contributed by atoms with E-state index in [2.05, 4.69) is 25.2 Å². The summed E-state index contributed by atoms with van der Waals surface area (Å²) in [6, 6.07) is 7.58. The van der Waals surface area contributed by atoms with E-state index in [0.717, 1.165) is 43.0 Å². The Balaban J connectivity index is 1.41. The third-order valence-corrected chi connectivity index (χ3v) is 5.35. The van der Waals surface area contributed by atoms with Crippen molar-refractivity contribution < 1.29 is 14.4 Å². The molecule has 0 spiro atoms. The van der Waals surface area contributed by atoms with Crippen LogP contribution in [0.4, 0.5) is 0 Å². The summed E-state index contributed by atoms with van der Waals surface area (Å²) in [5.74, 6) is 2.29. The zero-order chi connectivity index (χ0) is 19.6. The standard InChI is InChI=1S/C20H25N5O3/c1-20(12-15(24-28-20)14-8-5-6-9-16(14)27-2)19(26)21-13-18-23-22-17-10-4-3-7-11-25(17)18/h5-6,8-9H,3-4,7,10-13H2,1-2H3,(H,21,26)/t20-/m0/s1. The number of aromatic nitrogens is 3. The Morgan fingerprint density at radius 3 is 3.00 bits per heavy atom. The monoisotopic (exact) mass is 383 g/mol. The molecule has 0 saturated heterocycles. The third-order valence-electron chi connectivity index (χ3n) is 5.35. The zero-order valence-corrected chi connectivity index (χ0v) is 16.3.